The summed E-state index contributed by atoms with van der Waals surface area (Å²) in [6.07, 6.45) is 7.54. The highest BCUT2D eigenvalue weighted by molar-refractivity contribution is 5.96. The van der Waals surface area contributed by atoms with Crippen molar-refractivity contribution in [3.05, 3.63) is 65.7 Å². The normalized spacial score (nSPS) is 26.2. The maximum absolute atomic E-state index is 13.8. The molecule has 1 N–H and O–H groups in total. The van der Waals surface area contributed by atoms with Gasteiger partial charge >= 0.3 is 12.0 Å². The number of para-hydroxylation sites is 1. The van der Waals surface area contributed by atoms with Gasteiger partial charge in [0.2, 0.25) is 5.91 Å². The van der Waals surface area contributed by atoms with Crippen LogP contribution < -0.4 is 4.90 Å². The van der Waals surface area contributed by atoms with Gasteiger partial charge in [0.1, 0.15) is 6.04 Å². The molecule has 37 heavy (non-hydrogen) atoms. The van der Waals surface area contributed by atoms with E-state index in [1.165, 1.54) is 10.5 Å². The molecule has 2 aliphatic heterocycles. The highest BCUT2D eigenvalue weighted by atomic mass is 16.4. The van der Waals surface area contributed by atoms with E-state index in [0.717, 1.165) is 56.2 Å². The summed E-state index contributed by atoms with van der Waals surface area (Å²) in [4.78, 5) is 44.8. The lowest BCUT2D eigenvalue weighted by Gasteiger charge is -2.50. The van der Waals surface area contributed by atoms with Gasteiger partial charge in [-0.05, 0) is 62.1 Å². The zero-order valence-corrected chi connectivity index (χ0v) is 21.2. The summed E-state index contributed by atoms with van der Waals surface area (Å²) >= 11 is 0. The Labute approximate surface area is 218 Å². The summed E-state index contributed by atoms with van der Waals surface area (Å²) in [5.41, 5.74) is 3.21. The first-order valence-electron chi connectivity index (χ1n) is 13.8. The van der Waals surface area contributed by atoms with Gasteiger partial charge in [0, 0.05) is 36.7 Å². The van der Waals surface area contributed by atoms with Crippen molar-refractivity contribution in [3.8, 4) is 0 Å². The van der Waals surface area contributed by atoms with E-state index in [9.17, 15) is 19.5 Å². The molecule has 0 aromatic heterocycles. The summed E-state index contributed by atoms with van der Waals surface area (Å²) < 4.78 is 0. The monoisotopic (exact) mass is 501 g/mol. The molecular formula is C30H35N3O4. The smallest absolute Gasteiger partial charge is 0.326 e. The Hall–Kier alpha value is -3.35. The summed E-state index contributed by atoms with van der Waals surface area (Å²) in [6.45, 7) is 0.494. The summed E-state index contributed by atoms with van der Waals surface area (Å²) in [6, 6.07) is 17.6. The number of fused-ring (bicyclic) bond motifs is 2. The van der Waals surface area contributed by atoms with Crippen molar-refractivity contribution < 1.29 is 19.5 Å². The summed E-state index contributed by atoms with van der Waals surface area (Å²) in [5, 5.41) is 9.59. The number of carbonyl (C=O) groups is 3. The molecule has 1 saturated heterocycles. The molecule has 194 valence electrons. The van der Waals surface area contributed by atoms with E-state index in [1.54, 1.807) is 0 Å². The number of amides is 3. The second kappa shape index (κ2) is 9.84. The van der Waals surface area contributed by atoms with E-state index in [4.69, 9.17) is 0 Å². The topological polar surface area (TPSA) is 81.2 Å². The number of anilines is 1. The second-order valence-corrected chi connectivity index (χ2v) is 11.0. The molecule has 4 aliphatic rings. The molecule has 0 spiro atoms. The minimum atomic E-state index is -0.926. The predicted octanol–water partition coefficient (Wildman–Crippen LogP) is 5.01. The largest absolute Gasteiger partial charge is 0.480 e. The number of hydrogen-bond donors (Lipinski definition) is 1. The van der Waals surface area contributed by atoms with E-state index in [1.807, 2.05) is 46.2 Å². The van der Waals surface area contributed by atoms with Crippen LogP contribution in [0.15, 0.2) is 54.6 Å². The van der Waals surface area contributed by atoms with Gasteiger partial charge in [-0.2, -0.15) is 0 Å². The van der Waals surface area contributed by atoms with Crippen LogP contribution >= 0.6 is 0 Å². The maximum atomic E-state index is 13.8. The molecule has 2 aromatic carbocycles. The molecule has 0 radical (unpaired) electrons. The number of aryl methyl sites for hydroxylation is 1. The van der Waals surface area contributed by atoms with Gasteiger partial charge < -0.3 is 19.8 Å². The van der Waals surface area contributed by atoms with Gasteiger partial charge in [-0.15, -0.1) is 0 Å². The number of likely N-dealkylation sites (tertiary alicyclic amines) is 1. The molecule has 3 fully saturated rings. The minimum absolute atomic E-state index is 0.0739. The van der Waals surface area contributed by atoms with Crippen LogP contribution in [0, 0.1) is 5.92 Å². The first-order valence-corrected chi connectivity index (χ1v) is 13.8. The lowest BCUT2D eigenvalue weighted by Crippen LogP contribution is -2.61. The van der Waals surface area contributed by atoms with Crippen LogP contribution in [-0.2, 0) is 16.0 Å². The number of urea groups is 1. The average Bonchev–Trinajstić information content (AvgIpc) is 3.59. The lowest BCUT2D eigenvalue weighted by atomic mass is 9.81. The molecule has 2 aromatic rings. The van der Waals surface area contributed by atoms with E-state index in [0.29, 0.717) is 19.4 Å². The first-order chi connectivity index (χ1) is 18.0. The molecule has 3 amide bonds. The number of aliphatic carboxylic acids is 1. The minimum Gasteiger partial charge on any atom is -0.480 e. The van der Waals surface area contributed by atoms with Crippen LogP contribution in [-0.4, -0.2) is 57.5 Å². The van der Waals surface area contributed by atoms with Gasteiger partial charge in [0.25, 0.3) is 0 Å². The molecule has 6 rings (SSSR count). The standard InChI is InChI=1S/C30H35N3O4/c34-27(15-6-10-20-8-2-1-3-9-20)33-24-13-5-4-11-22(24)28(23-12-7-14-25(23)33)32(21-16-17-21)30(37)31-19-18-26(31)29(35)36/h1-5,8-9,11,13,21,23,25-26,28H,6-7,10,12,14-19H2,(H,35,36)/t23?,25?,26-,28?/m0/s1. The molecule has 2 aliphatic carbocycles. The molecule has 0 bridgehead atoms. The SMILES string of the molecule is O=C(O)[C@@H]1CCN1C(=O)N(C1CC1)C1c2ccccc2N(C(=O)CCCc2ccccc2)C2CCCC21. The fourth-order valence-electron chi connectivity index (χ4n) is 6.78. The van der Waals surface area contributed by atoms with Crippen LogP contribution in [0.3, 0.4) is 0 Å². The first kappa shape index (κ1) is 24.0. The van der Waals surface area contributed by atoms with Crippen molar-refractivity contribution in [1.29, 1.82) is 0 Å². The maximum Gasteiger partial charge on any atom is 0.326 e. The van der Waals surface area contributed by atoms with E-state index >= 15 is 0 Å². The Morgan fingerprint density at radius 1 is 0.919 bits per heavy atom. The Morgan fingerprint density at radius 3 is 2.38 bits per heavy atom. The highest BCUT2D eigenvalue weighted by Gasteiger charge is 2.53. The summed E-state index contributed by atoms with van der Waals surface area (Å²) in [7, 11) is 0. The molecule has 2 heterocycles. The average molecular weight is 502 g/mol. The van der Waals surface area contributed by atoms with Crippen molar-refractivity contribution in [2.45, 2.75) is 82.0 Å². The van der Waals surface area contributed by atoms with Crippen LogP contribution in [0.2, 0.25) is 0 Å². The van der Waals surface area contributed by atoms with Crippen molar-refractivity contribution in [2.75, 3.05) is 11.4 Å². The number of carbonyl (C=O) groups excluding carboxylic acids is 2. The third kappa shape index (κ3) is 4.38. The van der Waals surface area contributed by atoms with Gasteiger partial charge in [-0.1, -0.05) is 55.0 Å². The van der Waals surface area contributed by atoms with Crippen LogP contribution in [0.1, 0.15) is 68.5 Å². The zero-order valence-electron chi connectivity index (χ0n) is 21.2. The lowest BCUT2D eigenvalue weighted by molar-refractivity contribution is -0.146. The predicted molar refractivity (Wildman–Crippen MR) is 140 cm³/mol. The molecule has 2 saturated carbocycles. The molecule has 7 nitrogen and oxygen atoms in total. The van der Waals surface area contributed by atoms with E-state index < -0.39 is 12.0 Å². The van der Waals surface area contributed by atoms with Crippen molar-refractivity contribution in [1.82, 2.24) is 9.80 Å². The molecule has 7 heteroatoms. The Bertz CT molecular complexity index is 1180. The number of nitrogens with zero attached hydrogens (tertiary/aromatic N) is 3. The van der Waals surface area contributed by atoms with Crippen LogP contribution in [0.25, 0.3) is 0 Å². The zero-order chi connectivity index (χ0) is 25.5. The Kier molecular flexibility index (Phi) is 6.39. The highest BCUT2D eigenvalue weighted by Crippen LogP contribution is 2.53. The van der Waals surface area contributed by atoms with E-state index in [2.05, 4.69) is 18.2 Å². The van der Waals surface area contributed by atoms with Crippen molar-refractivity contribution in [3.63, 3.8) is 0 Å². The van der Waals surface area contributed by atoms with Gasteiger partial charge in [0.15, 0.2) is 0 Å². The summed E-state index contributed by atoms with van der Waals surface area (Å²) in [5.74, 6) is -0.593. The Balaban J connectivity index is 1.28. The number of carboxylic acids is 1. The number of rotatable bonds is 7. The molecular weight excluding hydrogens is 466 g/mol. The third-order valence-electron chi connectivity index (χ3n) is 8.76. The molecule has 3 unspecified atom stereocenters. The van der Waals surface area contributed by atoms with Gasteiger partial charge in [-0.3, -0.25) is 4.79 Å². The number of carboxylic acid groups (broad SMARTS) is 1. The van der Waals surface area contributed by atoms with Crippen molar-refractivity contribution in [2.24, 2.45) is 5.92 Å². The van der Waals surface area contributed by atoms with Gasteiger partial charge in [-0.25, -0.2) is 9.59 Å². The fourth-order valence-corrected chi connectivity index (χ4v) is 6.78. The third-order valence-corrected chi connectivity index (χ3v) is 8.76. The Morgan fingerprint density at radius 2 is 1.68 bits per heavy atom. The number of benzene rings is 2. The van der Waals surface area contributed by atoms with Crippen LogP contribution in [0.5, 0.6) is 0 Å². The van der Waals surface area contributed by atoms with Crippen molar-refractivity contribution >= 4 is 23.6 Å². The quantitative estimate of drug-likeness (QED) is 0.578. The van der Waals surface area contributed by atoms with Gasteiger partial charge in [0.05, 0.1) is 6.04 Å². The second-order valence-electron chi connectivity index (χ2n) is 11.0. The number of hydrogen-bond acceptors (Lipinski definition) is 3. The van der Waals surface area contributed by atoms with E-state index in [-0.39, 0.29) is 36.0 Å². The van der Waals surface area contributed by atoms with Crippen LogP contribution in [0.4, 0.5) is 10.5 Å². The molecule has 4 atom stereocenters. The fraction of sp³-hybridized carbons (Fsp3) is 0.500.